The second-order valence-corrected chi connectivity index (χ2v) is 5.59. The second-order valence-electron chi connectivity index (χ2n) is 5.59. The summed E-state index contributed by atoms with van der Waals surface area (Å²) in [5, 5.41) is 9.37. The molecule has 3 N–H and O–H groups in total. The van der Waals surface area contributed by atoms with Crippen LogP contribution >= 0.6 is 0 Å². The lowest BCUT2D eigenvalue weighted by Gasteiger charge is -2.13. The summed E-state index contributed by atoms with van der Waals surface area (Å²) in [5.41, 5.74) is 0. The van der Waals surface area contributed by atoms with E-state index in [0.29, 0.717) is 45.2 Å². The van der Waals surface area contributed by atoms with Crippen LogP contribution < -0.4 is 16.0 Å². The van der Waals surface area contributed by atoms with Crippen molar-refractivity contribution in [2.45, 2.75) is 46.0 Å². The topological polar surface area (TPSA) is 74.8 Å². The molecule has 6 nitrogen and oxygen atoms in total. The summed E-state index contributed by atoms with van der Waals surface area (Å²) in [6.45, 7) is 8.10. The zero-order chi connectivity index (χ0) is 16.0. The third-order valence-electron chi connectivity index (χ3n) is 3.74. The van der Waals surface area contributed by atoms with Crippen LogP contribution in [-0.4, -0.2) is 51.3 Å². The Kier molecular flexibility index (Phi) is 10.5. The molecule has 0 aromatic rings. The van der Waals surface area contributed by atoms with Crippen LogP contribution in [0.4, 0.5) is 0 Å². The summed E-state index contributed by atoms with van der Waals surface area (Å²) >= 11 is 0. The molecule has 1 aliphatic carbocycles. The van der Waals surface area contributed by atoms with Gasteiger partial charge in [0.25, 0.3) is 0 Å². The fraction of sp³-hybridized carbons (Fsp3) is 0.875. The zero-order valence-electron chi connectivity index (χ0n) is 14.1. The number of guanidine groups is 1. The molecule has 0 aromatic heterocycles. The van der Waals surface area contributed by atoms with E-state index in [4.69, 9.17) is 4.74 Å². The zero-order valence-corrected chi connectivity index (χ0v) is 14.1. The van der Waals surface area contributed by atoms with E-state index in [0.717, 1.165) is 12.5 Å². The smallest absolute Gasteiger partial charge is 0.220 e. The Balaban J connectivity index is 2.11. The maximum absolute atomic E-state index is 11.8. The number of nitrogens with one attached hydrogen (secondary N) is 3. The summed E-state index contributed by atoms with van der Waals surface area (Å²) < 4.78 is 5.26. The number of hydrogen-bond acceptors (Lipinski definition) is 3. The first-order valence-corrected chi connectivity index (χ1v) is 8.62. The van der Waals surface area contributed by atoms with Crippen LogP contribution in [0.3, 0.4) is 0 Å². The summed E-state index contributed by atoms with van der Waals surface area (Å²) in [4.78, 5) is 16.2. The van der Waals surface area contributed by atoms with Crippen LogP contribution in [0.2, 0.25) is 0 Å². The highest BCUT2D eigenvalue weighted by atomic mass is 16.5. The molecule has 0 bridgehead atoms. The first-order valence-electron chi connectivity index (χ1n) is 8.62. The Morgan fingerprint density at radius 2 is 1.86 bits per heavy atom. The third-order valence-corrected chi connectivity index (χ3v) is 3.74. The summed E-state index contributed by atoms with van der Waals surface area (Å²) in [6.07, 6.45) is 5.67. The summed E-state index contributed by atoms with van der Waals surface area (Å²) in [5.74, 6) is 1.55. The van der Waals surface area contributed by atoms with Crippen LogP contribution in [0, 0.1) is 5.92 Å². The van der Waals surface area contributed by atoms with Crippen LogP contribution in [0.5, 0.6) is 0 Å². The number of amides is 1. The predicted octanol–water partition coefficient (Wildman–Crippen LogP) is 1.27. The molecule has 0 radical (unpaired) electrons. The number of aliphatic imine (C=N–C) groups is 1. The van der Waals surface area contributed by atoms with Crippen molar-refractivity contribution < 1.29 is 9.53 Å². The Hall–Kier alpha value is -1.30. The van der Waals surface area contributed by atoms with Crippen molar-refractivity contribution in [3.05, 3.63) is 0 Å². The van der Waals surface area contributed by atoms with E-state index in [1.807, 2.05) is 13.8 Å². The molecule has 0 heterocycles. The SMILES string of the molecule is CCNC(=NCCOCC)NCCNC(=O)CC1CCCC1. The van der Waals surface area contributed by atoms with E-state index < -0.39 is 0 Å². The minimum Gasteiger partial charge on any atom is -0.380 e. The largest absolute Gasteiger partial charge is 0.380 e. The summed E-state index contributed by atoms with van der Waals surface area (Å²) in [6, 6.07) is 0. The molecule has 1 rings (SSSR count). The molecule has 1 amide bonds. The van der Waals surface area contributed by atoms with E-state index in [-0.39, 0.29) is 5.91 Å². The van der Waals surface area contributed by atoms with E-state index >= 15 is 0 Å². The van der Waals surface area contributed by atoms with Gasteiger partial charge in [0.2, 0.25) is 5.91 Å². The van der Waals surface area contributed by atoms with Crippen LogP contribution in [-0.2, 0) is 9.53 Å². The maximum atomic E-state index is 11.8. The molecule has 1 aliphatic rings. The fourth-order valence-corrected chi connectivity index (χ4v) is 2.64. The molecule has 22 heavy (non-hydrogen) atoms. The van der Waals surface area contributed by atoms with E-state index in [1.54, 1.807) is 0 Å². The highest BCUT2D eigenvalue weighted by Crippen LogP contribution is 2.27. The lowest BCUT2D eigenvalue weighted by Crippen LogP contribution is -2.41. The van der Waals surface area contributed by atoms with Gasteiger partial charge in [-0.1, -0.05) is 12.8 Å². The van der Waals surface area contributed by atoms with Gasteiger partial charge in [-0.3, -0.25) is 9.79 Å². The monoisotopic (exact) mass is 312 g/mol. The van der Waals surface area contributed by atoms with Crippen molar-refractivity contribution in [3.63, 3.8) is 0 Å². The minimum absolute atomic E-state index is 0.173. The molecule has 0 unspecified atom stereocenters. The van der Waals surface area contributed by atoms with Crippen molar-refractivity contribution in [1.29, 1.82) is 0 Å². The number of hydrogen-bond donors (Lipinski definition) is 3. The van der Waals surface area contributed by atoms with Crippen LogP contribution in [0.25, 0.3) is 0 Å². The van der Waals surface area contributed by atoms with Gasteiger partial charge in [-0.15, -0.1) is 0 Å². The van der Waals surface area contributed by atoms with E-state index in [1.165, 1.54) is 25.7 Å². The Labute approximate surface area is 134 Å². The van der Waals surface area contributed by atoms with Crippen molar-refractivity contribution in [1.82, 2.24) is 16.0 Å². The normalized spacial score (nSPS) is 15.8. The van der Waals surface area contributed by atoms with Gasteiger partial charge in [0, 0.05) is 32.7 Å². The molecule has 0 aromatic carbocycles. The number of rotatable bonds is 10. The number of ether oxygens (including phenoxy) is 1. The van der Waals surface area contributed by atoms with Crippen molar-refractivity contribution in [2.24, 2.45) is 10.9 Å². The van der Waals surface area contributed by atoms with Gasteiger partial charge in [0.05, 0.1) is 13.2 Å². The van der Waals surface area contributed by atoms with E-state index in [2.05, 4.69) is 20.9 Å². The van der Waals surface area contributed by atoms with Gasteiger partial charge in [-0.2, -0.15) is 0 Å². The first kappa shape index (κ1) is 18.7. The number of carbonyl (C=O) groups is 1. The molecular weight excluding hydrogens is 280 g/mol. The average Bonchev–Trinajstić information content (AvgIpc) is 3.00. The van der Waals surface area contributed by atoms with Crippen molar-refractivity contribution in [3.8, 4) is 0 Å². The lowest BCUT2D eigenvalue weighted by atomic mass is 10.0. The predicted molar refractivity (Wildman–Crippen MR) is 90.1 cm³/mol. The Morgan fingerprint density at radius 1 is 1.14 bits per heavy atom. The van der Waals surface area contributed by atoms with Crippen LogP contribution in [0.15, 0.2) is 4.99 Å². The molecule has 1 fully saturated rings. The molecule has 0 saturated heterocycles. The van der Waals surface area contributed by atoms with Crippen molar-refractivity contribution in [2.75, 3.05) is 39.4 Å². The molecule has 0 spiro atoms. The summed E-state index contributed by atoms with van der Waals surface area (Å²) in [7, 11) is 0. The number of nitrogens with zero attached hydrogens (tertiary/aromatic N) is 1. The van der Waals surface area contributed by atoms with Crippen LogP contribution in [0.1, 0.15) is 46.0 Å². The lowest BCUT2D eigenvalue weighted by molar-refractivity contribution is -0.121. The van der Waals surface area contributed by atoms with Gasteiger partial charge >= 0.3 is 0 Å². The molecule has 6 heteroatoms. The Morgan fingerprint density at radius 3 is 2.55 bits per heavy atom. The van der Waals surface area contributed by atoms with Gasteiger partial charge in [0.1, 0.15) is 0 Å². The molecule has 1 saturated carbocycles. The first-order chi connectivity index (χ1) is 10.8. The Bertz CT molecular complexity index is 328. The highest BCUT2D eigenvalue weighted by molar-refractivity contribution is 5.80. The molecular formula is C16H32N4O2. The fourth-order valence-electron chi connectivity index (χ4n) is 2.64. The molecule has 0 atom stereocenters. The van der Waals surface area contributed by atoms with Gasteiger partial charge in [0.15, 0.2) is 5.96 Å². The second kappa shape index (κ2) is 12.3. The third kappa shape index (κ3) is 8.87. The van der Waals surface area contributed by atoms with Crippen molar-refractivity contribution >= 4 is 11.9 Å². The molecule has 0 aliphatic heterocycles. The minimum atomic E-state index is 0.173. The standard InChI is InChI=1S/C16H32N4O2/c1-3-17-16(20-11-12-22-4-2)19-10-9-18-15(21)13-14-7-5-6-8-14/h14H,3-13H2,1-2H3,(H,18,21)(H2,17,19,20). The quantitative estimate of drug-likeness (QED) is 0.323. The van der Waals surface area contributed by atoms with Gasteiger partial charge in [-0.25, -0.2) is 0 Å². The van der Waals surface area contributed by atoms with Gasteiger partial charge < -0.3 is 20.7 Å². The number of carbonyl (C=O) groups excluding carboxylic acids is 1. The van der Waals surface area contributed by atoms with E-state index in [9.17, 15) is 4.79 Å². The highest BCUT2D eigenvalue weighted by Gasteiger charge is 2.17. The maximum Gasteiger partial charge on any atom is 0.220 e. The van der Waals surface area contributed by atoms with Gasteiger partial charge in [-0.05, 0) is 32.6 Å². The molecule has 128 valence electrons. The average molecular weight is 312 g/mol.